The van der Waals surface area contributed by atoms with Gasteiger partial charge in [-0.3, -0.25) is 4.99 Å². The summed E-state index contributed by atoms with van der Waals surface area (Å²) in [5.74, 6) is 0. The molecule has 0 heterocycles. The van der Waals surface area contributed by atoms with Crippen molar-refractivity contribution in [3.63, 3.8) is 0 Å². The Hall–Kier alpha value is -6.05. The van der Waals surface area contributed by atoms with Gasteiger partial charge in [-0.15, -0.1) is 13.2 Å². The topological polar surface area (TPSA) is 12.4 Å². The van der Waals surface area contributed by atoms with Crippen molar-refractivity contribution in [2.45, 2.75) is 87.5 Å². The number of hydrogen-bond acceptors (Lipinski definition) is 1. The number of allylic oxidation sites excluding steroid dienone is 4. The molecular weight excluding hydrogens is 711 g/mol. The zero-order chi connectivity index (χ0) is 43.0. The largest absolute Gasteiger partial charge is 0.253 e. The Bertz CT molecular complexity index is 2250. The maximum absolute atomic E-state index is 4.91. The van der Waals surface area contributed by atoms with Crippen LogP contribution in [0.5, 0.6) is 0 Å². The molecule has 0 aliphatic heterocycles. The van der Waals surface area contributed by atoms with Crippen molar-refractivity contribution in [3.8, 4) is 44.5 Å². The molecule has 0 aromatic heterocycles. The van der Waals surface area contributed by atoms with Gasteiger partial charge in [-0.25, -0.2) is 0 Å². The highest BCUT2D eigenvalue weighted by Gasteiger charge is 2.12. The molecule has 59 heavy (non-hydrogen) atoms. The van der Waals surface area contributed by atoms with E-state index in [0.717, 1.165) is 42.7 Å². The second-order valence-electron chi connectivity index (χ2n) is 14.1. The van der Waals surface area contributed by atoms with Gasteiger partial charge < -0.3 is 0 Å². The first-order chi connectivity index (χ1) is 28.9. The average molecular weight is 778 g/mol. The number of aliphatic imine (C=N–C) groups is 1. The van der Waals surface area contributed by atoms with Crippen molar-refractivity contribution in [3.05, 3.63) is 217 Å². The van der Waals surface area contributed by atoms with Crippen molar-refractivity contribution in [2.24, 2.45) is 4.99 Å². The Labute approximate surface area is 358 Å². The maximum Gasteiger partial charge on any atom is 0.0593 e. The molecule has 1 aliphatic rings. The second-order valence-corrected chi connectivity index (χ2v) is 14.1. The Kier molecular flexibility index (Phi) is 20.9. The van der Waals surface area contributed by atoms with Crippen molar-refractivity contribution in [2.75, 3.05) is 0 Å². The van der Waals surface area contributed by atoms with Crippen LogP contribution in [0.25, 0.3) is 44.5 Å². The van der Waals surface area contributed by atoms with Crippen molar-refractivity contribution < 1.29 is 0 Å². The smallest absolute Gasteiger partial charge is 0.0593 e. The Morgan fingerprint density at radius 3 is 1.71 bits per heavy atom. The Morgan fingerprint density at radius 1 is 0.576 bits per heavy atom. The minimum atomic E-state index is 0.869. The van der Waals surface area contributed by atoms with Gasteiger partial charge in [-0.05, 0) is 118 Å². The fourth-order valence-corrected chi connectivity index (χ4v) is 6.83. The van der Waals surface area contributed by atoms with E-state index in [2.05, 4.69) is 219 Å². The third-order valence-electron chi connectivity index (χ3n) is 9.95. The van der Waals surface area contributed by atoms with Gasteiger partial charge in [0.05, 0.1) is 5.70 Å². The van der Waals surface area contributed by atoms with E-state index < -0.39 is 0 Å². The lowest BCUT2D eigenvalue weighted by molar-refractivity contribution is 0.963. The summed E-state index contributed by atoms with van der Waals surface area (Å²) >= 11 is 0. The summed E-state index contributed by atoms with van der Waals surface area (Å²) in [6, 6.07) is 52.2. The minimum absolute atomic E-state index is 0.869. The highest BCUT2D eigenvalue weighted by Crippen LogP contribution is 2.35. The molecule has 0 amide bonds. The maximum atomic E-state index is 4.91. The lowest BCUT2D eigenvalue weighted by Crippen LogP contribution is -2.01. The fourth-order valence-electron chi connectivity index (χ4n) is 6.83. The molecule has 0 atom stereocenters. The highest BCUT2D eigenvalue weighted by molar-refractivity contribution is 6.01. The zero-order valence-electron chi connectivity index (χ0n) is 37.2. The summed E-state index contributed by atoms with van der Waals surface area (Å²) in [5.41, 5.74) is 18.4. The lowest BCUT2D eigenvalue weighted by Gasteiger charge is -2.15. The third-order valence-corrected chi connectivity index (χ3v) is 9.95. The van der Waals surface area contributed by atoms with Crippen LogP contribution < -0.4 is 0 Å². The van der Waals surface area contributed by atoms with Crippen molar-refractivity contribution >= 4 is 5.71 Å². The summed E-state index contributed by atoms with van der Waals surface area (Å²) < 4.78 is 0. The second kappa shape index (κ2) is 26.1. The minimum Gasteiger partial charge on any atom is -0.253 e. The summed E-state index contributed by atoms with van der Waals surface area (Å²) in [6.45, 7) is 27.2. The Balaban J connectivity index is 0.000000367. The zero-order valence-corrected chi connectivity index (χ0v) is 37.2. The first-order valence-corrected chi connectivity index (χ1v) is 21.5. The molecule has 0 spiro atoms. The van der Waals surface area contributed by atoms with Crippen LogP contribution in [0.2, 0.25) is 0 Å². The number of hydrogen-bond donors (Lipinski definition) is 0. The van der Waals surface area contributed by atoms with Crippen LogP contribution in [0.15, 0.2) is 200 Å². The molecule has 0 bridgehead atoms. The molecule has 0 saturated heterocycles. The molecule has 0 saturated carbocycles. The van der Waals surface area contributed by atoms with Gasteiger partial charge in [-0.1, -0.05) is 212 Å². The molecule has 6 aromatic rings. The average Bonchev–Trinajstić information content (AvgIpc) is 3.31. The predicted molar refractivity (Wildman–Crippen MR) is 264 cm³/mol. The molecule has 1 aliphatic carbocycles. The summed E-state index contributed by atoms with van der Waals surface area (Å²) in [4.78, 5) is 4.91. The summed E-state index contributed by atoms with van der Waals surface area (Å²) in [7, 11) is 0. The van der Waals surface area contributed by atoms with E-state index >= 15 is 0 Å². The number of aryl methyl sites for hydroxylation is 2. The first kappa shape index (κ1) is 47.3. The molecule has 0 fully saturated rings. The molecule has 0 N–H and O–H groups in total. The van der Waals surface area contributed by atoms with Gasteiger partial charge in [0.25, 0.3) is 0 Å². The summed E-state index contributed by atoms with van der Waals surface area (Å²) in [5, 5.41) is 0. The Morgan fingerprint density at radius 2 is 1.10 bits per heavy atom. The quantitative estimate of drug-likeness (QED) is 0.102. The number of nitrogens with zero attached hydrogens (tertiary/aromatic N) is 1. The monoisotopic (exact) mass is 778 g/mol. The third kappa shape index (κ3) is 13.8. The normalized spacial score (nSPS) is 11.5. The van der Waals surface area contributed by atoms with Gasteiger partial charge in [-0.2, -0.15) is 0 Å². The first-order valence-electron chi connectivity index (χ1n) is 21.5. The van der Waals surface area contributed by atoms with E-state index in [1.807, 2.05) is 19.9 Å². The van der Waals surface area contributed by atoms with Crippen LogP contribution in [-0.4, -0.2) is 5.71 Å². The molecule has 0 radical (unpaired) electrons. The van der Waals surface area contributed by atoms with Crippen LogP contribution in [0.4, 0.5) is 0 Å². The van der Waals surface area contributed by atoms with E-state index in [1.54, 1.807) is 0 Å². The van der Waals surface area contributed by atoms with E-state index in [-0.39, 0.29) is 0 Å². The molecule has 7 rings (SSSR count). The molecule has 1 nitrogen and oxygen atoms in total. The molecular formula is C58H67N. The summed E-state index contributed by atoms with van der Waals surface area (Å²) in [6.07, 6.45) is 11.7. The van der Waals surface area contributed by atoms with Gasteiger partial charge >= 0.3 is 0 Å². The van der Waals surface area contributed by atoms with Gasteiger partial charge in [0.1, 0.15) is 0 Å². The van der Waals surface area contributed by atoms with E-state index in [0.29, 0.717) is 0 Å². The predicted octanol–water partition coefficient (Wildman–Crippen LogP) is 17.5. The van der Waals surface area contributed by atoms with Gasteiger partial charge in [0.2, 0.25) is 0 Å². The van der Waals surface area contributed by atoms with Crippen LogP contribution in [0, 0.1) is 13.8 Å². The van der Waals surface area contributed by atoms with Crippen LogP contribution >= 0.6 is 0 Å². The number of benzene rings is 6. The van der Waals surface area contributed by atoms with Crippen LogP contribution in [0.1, 0.15) is 89.5 Å². The van der Waals surface area contributed by atoms with Crippen molar-refractivity contribution in [1.82, 2.24) is 0 Å². The molecule has 304 valence electrons. The van der Waals surface area contributed by atoms with Crippen LogP contribution in [0.3, 0.4) is 0 Å². The lowest BCUT2D eigenvalue weighted by atomic mass is 9.90. The molecule has 6 aromatic carbocycles. The molecule has 0 unspecified atom stereocenters. The van der Waals surface area contributed by atoms with E-state index in [4.69, 9.17) is 4.99 Å². The fraction of sp³-hybridized carbons (Fsp3) is 0.224. The van der Waals surface area contributed by atoms with E-state index in [1.165, 1.54) is 73.2 Å². The SMILES string of the molecule is C=C.C=C(N=C(CC)c1ccc(-c2cccc(-c3cccc(-c4ccccc4C)c3C)c2)cc1)C1=CC=CCC1.CC.CCC.CCc1ccc(-c2ccccc2)cc1. The standard InChI is InChI=1S/C37H35N.C14H14.C3H8.C2H6.C2H4/c1-5-37(38-28(4)29-14-7-6-8-15-29)31-23-21-30(22-24-31)32-16-11-17-33(25-32)35-19-12-20-36(27(35)3)34-18-10-9-13-26(34)2;1-2-12-8-10-14(11-9-12)13-6-4-3-5-7-13;1-3-2;2*1-2/h6-7,9-14,16-25H,4-5,8,15H2,1-3H3;3-11H,2H2,1H3;3H2,1-2H3;1-2H3;1-2H2. The van der Waals surface area contributed by atoms with E-state index in [9.17, 15) is 0 Å². The highest BCUT2D eigenvalue weighted by atomic mass is 14.8. The van der Waals surface area contributed by atoms with Crippen molar-refractivity contribution in [1.29, 1.82) is 0 Å². The van der Waals surface area contributed by atoms with Gasteiger partial charge in [0.15, 0.2) is 0 Å². The molecule has 1 heteroatoms. The van der Waals surface area contributed by atoms with Crippen LogP contribution in [-0.2, 0) is 6.42 Å². The number of rotatable bonds is 9. The van der Waals surface area contributed by atoms with Gasteiger partial charge in [0, 0.05) is 5.71 Å².